The predicted octanol–water partition coefficient (Wildman–Crippen LogP) is 2.63. The number of nitrogens with one attached hydrogen (secondary N) is 2. The highest BCUT2D eigenvalue weighted by molar-refractivity contribution is 5.94. The molecule has 1 aliphatic rings. The van der Waals surface area contributed by atoms with Crippen LogP contribution in [0.5, 0.6) is 0 Å². The van der Waals surface area contributed by atoms with E-state index in [1.54, 1.807) is 19.1 Å². The summed E-state index contributed by atoms with van der Waals surface area (Å²) in [5.74, 6) is 0.309. The van der Waals surface area contributed by atoms with Gasteiger partial charge in [0.2, 0.25) is 5.91 Å². The second-order valence-electron chi connectivity index (χ2n) is 5.07. The van der Waals surface area contributed by atoms with Gasteiger partial charge in [-0.3, -0.25) is 20.4 Å². The second-order valence-corrected chi connectivity index (χ2v) is 5.07. The Morgan fingerprint density at radius 2 is 1.89 bits per heavy atom. The molecule has 0 unspecified atom stereocenters. The summed E-state index contributed by atoms with van der Waals surface area (Å²) in [5, 5.41) is 0. The van der Waals surface area contributed by atoms with E-state index in [2.05, 4.69) is 10.9 Å². The fraction of sp³-hybridized carbons (Fsp3) is 0.600. The van der Waals surface area contributed by atoms with Gasteiger partial charge in [0.05, 0.1) is 0 Å². The molecule has 0 aromatic carbocycles. The smallest absolute Gasteiger partial charge is 0.265 e. The van der Waals surface area contributed by atoms with Crippen LogP contribution in [0, 0.1) is 5.92 Å². The van der Waals surface area contributed by atoms with Crippen molar-refractivity contribution in [1.29, 1.82) is 0 Å². The lowest BCUT2D eigenvalue weighted by Crippen LogP contribution is -2.42. The Labute approximate surface area is 115 Å². The summed E-state index contributed by atoms with van der Waals surface area (Å²) in [7, 11) is 0. The molecule has 1 saturated carbocycles. The average Bonchev–Trinajstić information content (AvgIpc) is 2.92. The van der Waals surface area contributed by atoms with Crippen LogP contribution in [-0.2, 0) is 9.59 Å². The fourth-order valence-corrected chi connectivity index (χ4v) is 2.24. The molecule has 4 heteroatoms. The molecule has 2 amide bonds. The van der Waals surface area contributed by atoms with Crippen LogP contribution in [0.2, 0.25) is 0 Å². The maximum atomic E-state index is 11.6. The maximum absolute atomic E-state index is 11.6. The largest absolute Gasteiger partial charge is 0.273 e. The van der Waals surface area contributed by atoms with Crippen molar-refractivity contribution in [1.82, 2.24) is 10.9 Å². The highest BCUT2D eigenvalue weighted by Crippen LogP contribution is 2.28. The molecule has 4 nitrogen and oxygen atoms in total. The summed E-state index contributed by atoms with van der Waals surface area (Å²) in [5.41, 5.74) is 5.45. The summed E-state index contributed by atoms with van der Waals surface area (Å²) in [6.07, 6.45) is 11.8. The fourth-order valence-electron chi connectivity index (χ4n) is 2.24. The molecule has 1 rings (SSSR count). The first-order valence-electron chi connectivity index (χ1n) is 7.02. The van der Waals surface area contributed by atoms with E-state index in [0.29, 0.717) is 17.9 Å². The minimum atomic E-state index is -0.271. The minimum Gasteiger partial charge on any atom is -0.273 e. The molecule has 0 spiro atoms. The van der Waals surface area contributed by atoms with Crippen molar-refractivity contribution < 1.29 is 9.59 Å². The third-order valence-electron chi connectivity index (χ3n) is 3.47. The normalized spacial score (nSPS) is 16.8. The molecule has 0 saturated heterocycles. The van der Waals surface area contributed by atoms with Gasteiger partial charge in [0.15, 0.2) is 0 Å². The molecular formula is C15H24N2O2. The van der Waals surface area contributed by atoms with E-state index >= 15 is 0 Å². The first kappa shape index (κ1) is 15.5. The average molecular weight is 264 g/mol. The van der Waals surface area contributed by atoms with Crippen LogP contribution in [0.1, 0.15) is 52.4 Å². The Hall–Kier alpha value is -1.58. The Balaban J connectivity index is 2.20. The van der Waals surface area contributed by atoms with Crippen molar-refractivity contribution in [2.24, 2.45) is 5.92 Å². The monoisotopic (exact) mass is 264 g/mol. The molecule has 106 valence electrons. The number of amides is 2. The van der Waals surface area contributed by atoms with Crippen molar-refractivity contribution in [3.05, 3.63) is 23.8 Å². The number of carbonyl (C=O) groups excluding carboxylic acids is 2. The molecule has 1 aliphatic carbocycles. The first-order chi connectivity index (χ1) is 9.13. The van der Waals surface area contributed by atoms with Crippen LogP contribution in [-0.4, -0.2) is 11.8 Å². The summed E-state index contributed by atoms with van der Waals surface area (Å²) in [6.45, 7) is 3.59. The molecule has 0 aromatic rings. The van der Waals surface area contributed by atoms with Gasteiger partial charge in [0, 0.05) is 12.0 Å². The van der Waals surface area contributed by atoms with Crippen LogP contribution < -0.4 is 10.9 Å². The molecule has 1 fully saturated rings. The van der Waals surface area contributed by atoms with Crippen LogP contribution in [0.4, 0.5) is 0 Å². The van der Waals surface area contributed by atoms with E-state index < -0.39 is 0 Å². The van der Waals surface area contributed by atoms with E-state index in [4.69, 9.17) is 0 Å². The standard InChI is InChI=1S/C15H24N2O2/c1-3-4-7-12(2)15(19)17-16-14(18)11-10-13-8-5-6-9-13/h3-4,7,13H,5-6,8-11H2,1-2H3,(H,16,18)(H,17,19)/b4-3-,12-7+. The van der Waals surface area contributed by atoms with Gasteiger partial charge in [-0.1, -0.05) is 43.9 Å². The van der Waals surface area contributed by atoms with Gasteiger partial charge in [-0.25, -0.2) is 0 Å². The molecule has 0 aromatic heterocycles. The summed E-state index contributed by atoms with van der Waals surface area (Å²) in [4.78, 5) is 23.2. The quantitative estimate of drug-likeness (QED) is 0.455. The first-order valence-corrected chi connectivity index (χ1v) is 7.02. The number of hydrazine groups is 1. The van der Waals surface area contributed by atoms with Gasteiger partial charge in [-0.05, 0) is 26.2 Å². The minimum absolute atomic E-state index is 0.112. The Morgan fingerprint density at radius 3 is 2.53 bits per heavy atom. The van der Waals surface area contributed by atoms with Crippen LogP contribution in [0.25, 0.3) is 0 Å². The molecule has 0 aliphatic heterocycles. The molecule has 0 bridgehead atoms. The summed E-state index contributed by atoms with van der Waals surface area (Å²) in [6, 6.07) is 0. The molecular weight excluding hydrogens is 240 g/mol. The number of allylic oxidation sites excluding steroid dienone is 3. The summed E-state index contributed by atoms with van der Waals surface area (Å²) >= 11 is 0. The van der Waals surface area contributed by atoms with Crippen LogP contribution in [0.3, 0.4) is 0 Å². The Kier molecular flexibility index (Phi) is 6.93. The Morgan fingerprint density at radius 1 is 1.21 bits per heavy atom. The van der Waals surface area contributed by atoms with Gasteiger partial charge in [-0.15, -0.1) is 0 Å². The number of rotatable bonds is 5. The van der Waals surface area contributed by atoms with E-state index in [-0.39, 0.29) is 11.8 Å². The van der Waals surface area contributed by atoms with E-state index in [1.807, 2.05) is 13.0 Å². The number of hydrogen-bond acceptors (Lipinski definition) is 2. The third-order valence-corrected chi connectivity index (χ3v) is 3.47. The lowest BCUT2D eigenvalue weighted by atomic mass is 10.0. The third kappa shape index (κ3) is 6.22. The molecule has 2 N–H and O–H groups in total. The van der Waals surface area contributed by atoms with Crippen molar-refractivity contribution in [3.8, 4) is 0 Å². The van der Waals surface area contributed by atoms with Crippen molar-refractivity contribution in [2.45, 2.75) is 52.4 Å². The van der Waals surface area contributed by atoms with Crippen LogP contribution >= 0.6 is 0 Å². The number of hydrogen-bond donors (Lipinski definition) is 2. The van der Waals surface area contributed by atoms with Gasteiger partial charge in [-0.2, -0.15) is 0 Å². The van der Waals surface area contributed by atoms with Gasteiger partial charge in [0.25, 0.3) is 5.91 Å². The van der Waals surface area contributed by atoms with E-state index in [0.717, 1.165) is 6.42 Å². The van der Waals surface area contributed by atoms with Crippen molar-refractivity contribution in [3.63, 3.8) is 0 Å². The lowest BCUT2D eigenvalue weighted by molar-refractivity contribution is -0.127. The van der Waals surface area contributed by atoms with Gasteiger partial charge in [0.1, 0.15) is 0 Å². The lowest BCUT2D eigenvalue weighted by Gasteiger charge is -2.10. The van der Waals surface area contributed by atoms with Crippen LogP contribution in [0.15, 0.2) is 23.8 Å². The zero-order chi connectivity index (χ0) is 14.1. The molecule has 19 heavy (non-hydrogen) atoms. The molecule has 0 atom stereocenters. The highest BCUT2D eigenvalue weighted by Gasteiger charge is 2.16. The van der Waals surface area contributed by atoms with Gasteiger partial charge < -0.3 is 0 Å². The molecule has 0 radical (unpaired) electrons. The zero-order valence-electron chi connectivity index (χ0n) is 11.9. The topological polar surface area (TPSA) is 58.2 Å². The molecule has 0 heterocycles. The van der Waals surface area contributed by atoms with Crippen molar-refractivity contribution >= 4 is 11.8 Å². The van der Waals surface area contributed by atoms with Crippen molar-refractivity contribution in [2.75, 3.05) is 0 Å². The number of carbonyl (C=O) groups is 2. The second kappa shape index (κ2) is 8.51. The van der Waals surface area contributed by atoms with Gasteiger partial charge >= 0.3 is 0 Å². The maximum Gasteiger partial charge on any atom is 0.265 e. The predicted molar refractivity (Wildman–Crippen MR) is 76.0 cm³/mol. The zero-order valence-corrected chi connectivity index (χ0v) is 11.9. The van der Waals surface area contributed by atoms with E-state index in [9.17, 15) is 9.59 Å². The Bertz CT molecular complexity index is 366. The highest BCUT2D eigenvalue weighted by atomic mass is 16.2. The SMILES string of the molecule is C/C=C\C=C(/C)C(=O)NNC(=O)CCC1CCCC1. The van der Waals surface area contributed by atoms with E-state index in [1.165, 1.54) is 25.7 Å². The summed E-state index contributed by atoms with van der Waals surface area (Å²) < 4.78 is 0.